The van der Waals surface area contributed by atoms with Gasteiger partial charge in [-0.3, -0.25) is 5.10 Å². The Hall–Kier alpha value is -1.45. The molecule has 3 N–H and O–H groups in total. The van der Waals surface area contributed by atoms with Gasteiger partial charge in [-0.25, -0.2) is 17.9 Å². The van der Waals surface area contributed by atoms with E-state index in [-0.39, 0.29) is 23.7 Å². The number of sulfonamides is 1. The van der Waals surface area contributed by atoms with E-state index in [9.17, 15) is 13.2 Å². The van der Waals surface area contributed by atoms with Crippen molar-refractivity contribution in [3.63, 3.8) is 0 Å². The van der Waals surface area contributed by atoms with Crippen molar-refractivity contribution in [2.75, 3.05) is 26.7 Å². The summed E-state index contributed by atoms with van der Waals surface area (Å²) in [5.74, 6) is -0.716. The standard InChI is InChI=1S/C10H18N4O4S/c1-3-18-10(15)8-7-12-14-9(8)19(16,17)13-6-4-5-11-2/h7,11,13H,3-6H2,1-2H3,(H,12,14). The fourth-order valence-corrected chi connectivity index (χ4v) is 2.53. The number of aromatic amines is 1. The van der Waals surface area contributed by atoms with Crippen LogP contribution in [0.5, 0.6) is 0 Å². The van der Waals surface area contributed by atoms with E-state index >= 15 is 0 Å². The minimum Gasteiger partial charge on any atom is -0.462 e. The number of ether oxygens (including phenoxy) is 1. The Balaban J connectivity index is 2.78. The van der Waals surface area contributed by atoms with Crippen molar-refractivity contribution in [3.8, 4) is 0 Å². The maximum Gasteiger partial charge on any atom is 0.342 e. The molecule has 0 aromatic carbocycles. The average Bonchev–Trinajstić information content (AvgIpc) is 2.85. The first-order valence-electron chi connectivity index (χ1n) is 5.87. The van der Waals surface area contributed by atoms with Gasteiger partial charge in [-0.05, 0) is 26.9 Å². The number of aromatic nitrogens is 2. The van der Waals surface area contributed by atoms with E-state index in [1.807, 2.05) is 0 Å². The number of H-pyrrole nitrogens is 1. The van der Waals surface area contributed by atoms with E-state index in [4.69, 9.17) is 4.74 Å². The van der Waals surface area contributed by atoms with Gasteiger partial charge in [0.05, 0.1) is 12.8 Å². The Kier molecular flexibility index (Phi) is 5.93. The maximum atomic E-state index is 12.0. The number of nitrogens with one attached hydrogen (secondary N) is 3. The first-order valence-corrected chi connectivity index (χ1v) is 7.36. The highest BCUT2D eigenvalue weighted by Crippen LogP contribution is 2.12. The van der Waals surface area contributed by atoms with Gasteiger partial charge in [0.2, 0.25) is 0 Å². The molecule has 0 unspecified atom stereocenters. The van der Waals surface area contributed by atoms with Crippen molar-refractivity contribution in [3.05, 3.63) is 11.8 Å². The molecule has 0 aliphatic heterocycles. The highest BCUT2D eigenvalue weighted by Gasteiger charge is 2.25. The minimum absolute atomic E-state index is 0.0945. The lowest BCUT2D eigenvalue weighted by atomic mass is 10.4. The highest BCUT2D eigenvalue weighted by atomic mass is 32.2. The molecule has 8 nitrogen and oxygen atoms in total. The van der Waals surface area contributed by atoms with E-state index in [1.165, 1.54) is 0 Å². The molecule has 0 radical (unpaired) electrons. The van der Waals surface area contributed by atoms with Gasteiger partial charge in [0.1, 0.15) is 5.56 Å². The second-order valence-electron chi connectivity index (χ2n) is 3.69. The molecule has 0 aliphatic rings. The van der Waals surface area contributed by atoms with Crippen LogP contribution in [0.4, 0.5) is 0 Å². The van der Waals surface area contributed by atoms with Gasteiger partial charge in [-0.15, -0.1) is 0 Å². The summed E-state index contributed by atoms with van der Waals surface area (Å²) in [5, 5.41) is 8.53. The van der Waals surface area contributed by atoms with Crippen LogP contribution < -0.4 is 10.0 Å². The topological polar surface area (TPSA) is 113 Å². The smallest absolute Gasteiger partial charge is 0.342 e. The van der Waals surface area contributed by atoms with Gasteiger partial charge in [-0.1, -0.05) is 0 Å². The van der Waals surface area contributed by atoms with Crippen molar-refractivity contribution in [1.82, 2.24) is 20.2 Å². The summed E-state index contributed by atoms with van der Waals surface area (Å²) in [6, 6.07) is 0. The quantitative estimate of drug-likeness (QED) is 0.438. The Morgan fingerprint density at radius 1 is 1.47 bits per heavy atom. The maximum absolute atomic E-state index is 12.0. The zero-order valence-electron chi connectivity index (χ0n) is 10.9. The molecule has 0 fully saturated rings. The lowest BCUT2D eigenvalue weighted by molar-refractivity contribution is 0.0522. The Bertz CT molecular complexity index is 511. The van der Waals surface area contributed by atoms with Gasteiger partial charge in [0.25, 0.3) is 10.0 Å². The first-order chi connectivity index (χ1) is 9.03. The van der Waals surface area contributed by atoms with Crippen LogP contribution in [0.2, 0.25) is 0 Å². The monoisotopic (exact) mass is 290 g/mol. The predicted molar refractivity (Wildman–Crippen MR) is 68.3 cm³/mol. The second-order valence-corrected chi connectivity index (χ2v) is 5.39. The Labute approximate surface area is 112 Å². The molecule has 0 atom stereocenters. The summed E-state index contributed by atoms with van der Waals surface area (Å²) in [5.41, 5.74) is -0.0945. The molecule has 1 aromatic heterocycles. The number of carbonyl (C=O) groups is 1. The summed E-state index contributed by atoms with van der Waals surface area (Å²) in [6.07, 6.45) is 1.78. The Morgan fingerprint density at radius 3 is 2.84 bits per heavy atom. The number of rotatable bonds is 8. The number of esters is 1. The number of carbonyl (C=O) groups excluding carboxylic acids is 1. The molecular formula is C10H18N4O4S. The molecule has 0 aliphatic carbocycles. The lowest BCUT2D eigenvalue weighted by Gasteiger charge is -2.06. The Morgan fingerprint density at radius 2 is 2.21 bits per heavy atom. The minimum atomic E-state index is -3.79. The van der Waals surface area contributed by atoms with Crippen LogP contribution >= 0.6 is 0 Å². The molecule has 1 rings (SSSR count). The van der Waals surface area contributed by atoms with E-state index in [0.717, 1.165) is 6.20 Å². The zero-order valence-corrected chi connectivity index (χ0v) is 11.7. The molecule has 9 heteroatoms. The zero-order chi connectivity index (χ0) is 14.3. The molecule has 0 spiro atoms. The van der Waals surface area contributed by atoms with Gasteiger partial charge in [0, 0.05) is 6.54 Å². The molecule has 0 saturated carbocycles. The van der Waals surface area contributed by atoms with Gasteiger partial charge in [-0.2, -0.15) is 5.10 Å². The van der Waals surface area contributed by atoms with Crippen molar-refractivity contribution in [1.29, 1.82) is 0 Å². The van der Waals surface area contributed by atoms with E-state index in [0.29, 0.717) is 13.0 Å². The predicted octanol–water partition coefficient (Wildman–Crippen LogP) is -0.526. The van der Waals surface area contributed by atoms with Crippen LogP contribution in [0.3, 0.4) is 0 Å². The molecule has 19 heavy (non-hydrogen) atoms. The van der Waals surface area contributed by atoms with E-state index in [2.05, 4.69) is 20.2 Å². The number of hydrogen-bond donors (Lipinski definition) is 3. The summed E-state index contributed by atoms with van der Waals surface area (Å²) < 4.78 is 31.1. The van der Waals surface area contributed by atoms with Gasteiger partial charge >= 0.3 is 5.97 Å². The molecule has 1 heterocycles. The van der Waals surface area contributed by atoms with Crippen LogP contribution in [0.1, 0.15) is 23.7 Å². The SMILES string of the molecule is CCOC(=O)c1cn[nH]c1S(=O)(=O)NCCCNC. The van der Waals surface area contributed by atoms with Crippen molar-refractivity contribution in [2.24, 2.45) is 0 Å². The fraction of sp³-hybridized carbons (Fsp3) is 0.600. The highest BCUT2D eigenvalue weighted by molar-refractivity contribution is 7.89. The molecule has 1 aromatic rings. The van der Waals surface area contributed by atoms with Crippen LogP contribution in [0.15, 0.2) is 11.2 Å². The molecular weight excluding hydrogens is 272 g/mol. The molecule has 0 bridgehead atoms. The van der Waals surface area contributed by atoms with Crippen LogP contribution in [-0.4, -0.2) is 51.3 Å². The summed E-state index contributed by atoms with van der Waals surface area (Å²) in [6.45, 7) is 2.77. The third-order valence-electron chi connectivity index (χ3n) is 2.26. The second kappa shape index (κ2) is 7.22. The average molecular weight is 290 g/mol. The molecule has 108 valence electrons. The molecule has 0 saturated heterocycles. The first kappa shape index (κ1) is 15.6. The normalized spacial score (nSPS) is 11.5. The van der Waals surface area contributed by atoms with Gasteiger partial charge < -0.3 is 10.1 Å². The number of nitrogens with zero attached hydrogens (tertiary/aromatic N) is 1. The van der Waals surface area contributed by atoms with Crippen molar-refractivity contribution in [2.45, 2.75) is 18.4 Å². The van der Waals surface area contributed by atoms with Gasteiger partial charge in [0.15, 0.2) is 5.03 Å². The summed E-state index contributed by atoms with van der Waals surface area (Å²) in [4.78, 5) is 11.6. The fourth-order valence-electron chi connectivity index (χ4n) is 1.38. The summed E-state index contributed by atoms with van der Waals surface area (Å²) in [7, 11) is -2.01. The van der Waals surface area contributed by atoms with E-state index < -0.39 is 16.0 Å². The van der Waals surface area contributed by atoms with Crippen molar-refractivity contribution >= 4 is 16.0 Å². The third-order valence-corrected chi connectivity index (χ3v) is 3.70. The third kappa shape index (κ3) is 4.30. The van der Waals surface area contributed by atoms with Crippen LogP contribution in [0.25, 0.3) is 0 Å². The summed E-state index contributed by atoms with van der Waals surface area (Å²) >= 11 is 0. The van der Waals surface area contributed by atoms with E-state index in [1.54, 1.807) is 14.0 Å². The lowest BCUT2D eigenvalue weighted by Crippen LogP contribution is -2.28. The molecule has 0 amide bonds. The van der Waals surface area contributed by atoms with Crippen LogP contribution in [-0.2, 0) is 14.8 Å². The van der Waals surface area contributed by atoms with Crippen molar-refractivity contribution < 1.29 is 17.9 Å². The largest absolute Gasteiger partial charge is 0.462 e. The van der Waals surface area contributed by atoms with Crippen LogP contribution in [0, 0.1) is 0 Å². The number of hydrogen-bond acceptors (Lipinski definition) is 6.